The van der Waals surface area contributed by atoms with E-state index in [9.17, 15) is 0 Å². The third-order valence-electron chi connectivity index (χ3n) is 27.2. The van der Waals surface area contributed by atoms with Crippen LogP contribution in [-0.4, -0.2) is 0 Å². The van der Waals surface area contributed by atoms with E-state index in [4.69, 9.17) is 0 Å². The van der Waals surface area contributed by atoms with Gasteiger partial charge in [-0.3, -0.25) is 0 Å². The maximum absolute atomic E-state index is 2.36. The highest BCUT2D eigenvalue weighted by atomic mass is 32.1. The molecule has 133 heavy (non-hydrogen) atoms. The van der Waals surface area contributed by atoms with Crippen molar-refractivity contribution in [2.45, 2.75) is 48.0 Å². The van der Waals surface area contributed by atoms with Gasteiger partial charge in [-0.25, -0.2) is 0 Å². The minimum Gasteiger partial charge on any atom is -0.135 e. The van der Waals surface area contributed by atoms with Crippen LogP contribution in [0.4, 0.5) is 0 Å². The van der Waals surface area contributed by atoms with Gasteiger partial charge in [-0.1, -0.05) is 274 Å². The van der Waals surface area contributed by atoms with E-state index in [1.54, 1.807) is 0 Å². The first-order valence-corrected chi connectivity index (χ1v) is 50.7. The summed E-state index contributed by atoms with van der Waals surface area (Å²) in [6, 6.07) is 147. The standard InChI is InChI=1S/C22H16S.5C21H14S/c1-2-14-8-5-9-18-21-19-13-16-7-4-3-6-15(16)12-17(19)10-11-20(21)23-22(14)18;1-13-5-4-8-17-20-18-12-15-7-3-2-6-14(15)11-16(18)9-10-19(20)22-21(13)17;4*1-13-6-8-17-20(10-13)22-19-9-7-16-11-14-4-2-3-5-15(14)12-18(16)21(17)19/h3-13H,2H2,1H3;5*2-12H,1H3. The van der Waals surface area contributed by atoms with Crippen LogP contribution < -0.4 is 0 Å². The van der Waals surface area contributed by atoms with Crippen LogP contribution in [0.3, 0.4) is 0 Å². The Kier molecular flexibility index (Phi) is 20.0. The molecule has 0 aliphatic heterocycles. The molecule has 6 heterocycles. The monoisotopic (exact) mass is 1800 g/mol. The highest BCUT2D eigenvalue weighted by molar-refractivity contribution is 7.28. The summed E-state index contributed by atoms with van der Waals surface area (Å²) in [5.74, 6) is 0. The highest BCUT2D eigenvalue weighted by Gasteiger charge is 2.19. The first kappa shape index (κ1) is 80.8. The van der Waals surface area contributed by atoms with Gasteiger partial charge in [0.15, 0.2) is 0 Å². The number of fused-ring (bicyclic) bond motifs is 36. The van der Waals surface area contributed by atoms with E-state index in [1.807, 2.05) is 68.0 Å². The Balaban J connectivity index is 0.0000000855. The Morgan fingerprint density at radius 2 is 0.368 bits per heavy atom. The van der Waals surface area contributed by atoms with Crippen molar-refractivity contribution in [3.63, 3.8) is 0 Å². The molecule has 24 aromatic carbocycles. The molecule has 0 atom stereocenters. The van der Waals surface area contributed by atoms with Crippen LogP contribution in [0.25, 0.3) is 250 Å². The number of benzene rings is 24. The van der Waals surface area contributed by atoms with Crippen molar-refractivity contribution < 1.29 is 0 Å². The number of hydrogen-bond donors (Lipinski definition) is 0. The van der Waals surface area contributed by atoms with E-state index in [0.29, 0.717) is 0 Å². The van der Waals surface area contributed by atoms with Gasteiger partial charge in [0.05, 0.1) is 0 Å². The Bertz CT molecular complexity index is 9290. The van der Waals surface area contributed by atoms with E-state index < -0.39 is 0 Å². The minimum atomic E-state index is 1.09. The third kappa shape index (κ3) is 14.3. The van der Waals surface area contributed by atoms with E-state index in [1.165, 1.54) is 284 Å². The lowest BCUT2D eigenvalue weighted by Crippen LogP contribution is -1.79. The summed E-state index contributed by atoms with van der Waals surface area (Å²) in [6.45, 7) is 13.1. The number of aryl methyl sites for hydroxylation is 6. The van der Waals surface area contributed by atoms with E-state index in [0.717, 1.165) is 6.42 Å². The lowest BCUT2D eigenvalue weighted by Gasteiger charge is -2.04. The average molecular weight is 1800 g/mol. The normalized spacial score (nSPS) is 11.9. The van der Waals surface area contributed by atoms with Gasteiger partial charge >= 0.3 is 0 Å². The van der Waals surface area contributed by atoms with Crippen molar-refractivity contribution >= 4 is 318 Å². The van der Waals surface area contributed by atoms with Crippen molar-refractivity contribution in [1.82, 2.24) is 0 Å². The second-order valence-corrected chi connectivity index (χ2v) is 42.3. The third-order valence-corrected chi connectivity index (χ3v) is 34.3. The molecule has 30 rings (SSSR count). The molecular formula is C127H86S6. The molecule has 0 saturated heterocycles. The molecular weight excluding hydrogens is 1720 g/mol. The van der Waals surface area contributed by atoms with E-state index in [2.05, 4.69) is 442 Å². The Hall–Kier alpha value is -14.3. The molecule has 0 spiro atoms. The number of thiophene rings is 6. The summed E-state index contributed by atoms with van der Waals surface area (Å²) in [5, 5.41) is 48.7. The zero-order valence-corrected chi connectivity index (χ0v) is 79.2. The van der Waals surface area contributed by atoms with Gasteiger partial charge in [0.2, 0.25) is 0 Å². The molecule has 0 saturated carbocycles. The second-order valence-electron chi connectivity index (χ2n) is 35.9. The number of hydrogen-bond acceptors (Lipinski definition) is 6. The smallest absolute Gasteiger partial charge is 0.0387 e. The van der Waals surface area contributed by atoms with Gasteiger partial charge in [-0.2, -0.15) is 0 Å². The van der Waals surface area contributed by atoms with Gasteiger partial charge in [0, 0.05) is 121 Å². The lowest BCUT2D eigenvalue weighted by atomic mass is 9.99. The van der Waals surface area contributed by atoms with Crippen LogP contribution in [0.5, 0.6) is 0 Å². The lowest BCUT2D eigenvalue weighted by molar-refractivity contribution is 1.16. The fourth-order valence-electron chi connectivity index (χ4n) is 20.7. The van der Waals surface area contributed by atoms with E-state index in [-0.39, 0.29) is 0 Å². The van der Waals surface area contributed by atoms with Crippen molar-refractivity contribution in [1.29, 1.82) is 0 Å². The predicted molar refractivity (Wildman–Crippen MR) is 599 cm³/mol. The van der Waals surface area contributed by atoms with Gasteiger partial charge in [-0.15, -0.1) is 68.0 Å². The molecule has 0 nitrogen and oxygen atoms in total. The summed E-state index contributed by atoms with van der Waals surface area (Å²) in [4.78, 5) is 0. The summed E-state index contributed by atoms with van der Waals surface area (Å²) in [7, 11) is 0. The van der Waals surface area contributed by atoms with Gasteiger partial charge in [0.25, 0.3) is 0 Å². The maximum Gasteiger partial charge on any atom is 0.0387 e. The first-order valence-electron chi connectivity index (χ1n) is 45.8. The van der Waals surface area contributed by atoms with E-state index >= 15 is 0 Å². The molecule has 0 aliphatic rings. The molecule has 0 fully saturated rings. The predicted octanol–water partition coefficient (Wildman–Crippen LogP) is 40.3. The Morgan fingerprint density at radius 1 is 0.150 bits per heavy atom. The Morgan fingerprint density at radius 3 is 0.624 bits per heavy atom. The van der Waals surface area contributed by atoms with Gasteiger partial charge < -0.3 is 0 Å². The fourth-order valence-corrected chi connectivity index (χ4v) is 28.0. The first-order chi connectivity index (χ1) is 65.3. The van der Waals surface area contributed by atoms with Crippen LogP contribution >= 0.6 is 68.0 Å². The highest BCUT2D eigenvalue weighted by Crippen LogP contribution is 2.48. The molecule has 6 aromatic heterocycles. The van der Waals surface area contributed by atoms with Crippen LogP contribution in [0.1, 0.15) is 40.3 Å². The zero-order chi connectivity index (χ0) is 88.8. The quantitative estimate of drug-likeness (QED) is 0.144. The topological polar surface area (TPSA) is 0 Å². The van der Waals surface area contributed by atoms with Gasteiger partial charge in [0.1, 0.15) is 0 Å². The molecule has 0 N–H and O–H groups in total. The van der Waals surface area contributed by atoms with Crippen LogP contribution in [0.2, 0.25) is 0 Å². The Labute approximate surface area is 793 Å². The van der Waals surface area contributed by atoms with Gasteiger partial charge in [-0.05, 0) is 337 Å². The molecule has 30 aromatic rings. The van der Waals surface area contributed by atoms with Crippen molar-refractivity contribution in [2.75, 3.05) is 0 Å². The molecule has 0 unspecified atom stereocenters. The molecule has 630 valence electrons. The largest absolute Gasteiger partial charge is 0.135 e. The minimum absolute atomic E-state index is 1.09. The molecule has 6 heteroatoms. The SMILES string of the molecule is CCc1cccc2c1sc1ccc3cc4ccccc4cc3c12.Cc1ccc2c(c1)sc1ccc3cc4ccccc4cc3c12.Cc1ccc2c(c1)sc1ccc3cc4ccccc4cc3c12.Cc1ccc2c(c1)sc1ccc3cc4ccccc4cc3c12.Cc1ccc2c(c1)sc1ccc3cc4ccccc4cc3c12.Cc1cccc2c1sc1ccc3cc4ccccc4cc3c12. The van der Waals surface area contributed by atoms with Crippen LogP contribution in [0, 0.1) is 34.6 Å². The summed E-state index contributed by atoms with van der Waals surface area (Å²) < 4.78 is 16.7. The van der Waals surface area contributed by atoms with Crippen molar-refractivity contribution in [2.24, 2.45) is 0 Å². The van der Waals surface area contributed by atoms with Crippen LogP contribution in [0.15, 0.2) is 400 Å². The summed E-state index contributed by atoms with van der Waals surface area (Å²) in [5.41, 5.74) is 8.13. The molecule has 0 radical (unpaired) electrons. The molecule has 0 amide bonds. The maximum atomic E-state index is 2.36. The van der Waals surface area contributed by atoms with Crippen molar-refractivity contribution in [3.8, 4) is 0 Å². The second kappa shape index (κ2) is 32.9. The summed E-state index contributed by atoms with van der Waals surface area (Å²) >= 11 is 11.4. The molecule has 0 aliphatic carbocycles. The van der Waals surface area contributed by atoms with Crippen molar-refractivity contribution in [3.05, 3.63) is 434 Å². The zero-order valence-electron chi connectivity index (χ0n) is 74.3. The summed E-state index contributed by atoms with van der Waals surface area (Å²) in [6.07, 6.45) is 1.09. The fraction of sp³-hybridized carbons (Fsp3) is 0.0551. The average Bonchev–Trinajstić information content (AvgIpc) is 1.64. The van der Waals surface area contributed by atoms with Crippen LogP contribution in [-0.2, 0) is 6.42 Å². The molecule has 0 bridgehead atoms. The number of rotatable bonds is 1.